The van der Waals surface area contributed by atoms with Gasteiger partial charge in [0, 0.05) is 19.0 Å². The van der Waals surface area contributed by atoms with Gasteiger partial charge in [-0.2, -0.15) is 5.26 Å². The maximum Gasteiger partial charge on any atom is 0.0676 e. The number of hydrogen-bond donors (Lipinski definition) is 0. The molecule has 11 heavy (non-hydrogen) atoms. The average molecular weight is 150 g/mol. The van der Waals surface area contributed by atoms with Crippen LogP contribution in [0.2, 0.25) is 0 Å². The lowest BCUT2D eigenvalue weighted by Gasteiger charge is -2.04. The highest BCUT2D eigenvalue weighted by Crippen LogP contribution is 2.22. The monoisotopic (exact) mass is 150 g/mol. The van der Waals surface area contributed by atoms with Gasteiger partial charge >= 0.3 is 0 Å². The van der Waals surface area contributed by atoms with Gasteiger partial charge in [-0.25, -0.2) is 0 Å². The molecule has 0 bridgehead atoms. The first kappa shape index (κ1) is 8.29. The van der Waals surface area contributed by atoms with E-state index in [4.69, 9.17) is 5.26 Å². The van der Waals surface area contributed by atoms with Crippen LogP contribution in [0.15, 0.2) is 12.2 Å². The Morgan fingerprint density at radius 3 is 2.82 bits per heavy atom. The van der Waals surface area contributed by atoms with Crippen LogP contribution in [0.3, 0.4) is 0 Å². The first-order chi connectivity index (χ1) is 5.27. The van der Waals surface area contributed by atoms with Gasteiger partial charge in [0.2, 0.25) is 0 Å². The van der Waals surface area contributed by atoms with Crippen molar-refractivity contribution in [3.8, 4) is 6.07 Å². The fourth-order valence-electron chi connectivity index (χ4n) is 1.61. The van der Waals surface area contributed by atoms with Gasteiger partial charge in [-0.15, -0.1) is 0 Å². The molecule has 2 atom stereocenters. The smallest absolute Gasteiger partial charge is 0.0676 e. The Bertz CT molecular complexity index is 190. The van der Waals surface area contributed by atoms with Crippen molar-refractivity contribution >= 4 is 0 Å². The number of hydrogen-bond acceptors (Lipinski definition) is 2. The van der Waals surface area contributed by atoms with E-state index in [1.807, 2.05) is 13.0 Å². The fraction of sp³-hybridized carbons (Fsp3) is 0.667. The molecule has 0 aromatic heterocycles. The Kier molecular flexibility index (Phi) is 2.67. The molecule has 1 rings (SSSR count). The third-order valence-corrected chi connectivity index (χ3v) is 2.15. The SMILES string of the molecule is C/C=C/[C@@H]1CN(C)C[C@H]1C#N. The normalized spacial score (nSPS) is 32.8. The lowest BCUT2D eigenvalue weighted by Crippen LogP contribution is -2.13. The third-order valence-electron chi connectivity index (χ3n) is 2.15. The topological polar surface area (TPSA) is 27.0 Å². The van der Waals surface area contributed by atoms with Crippen LogP contribution in [0.25, 0.3) is 0 Å². The first-order valence-corrected chi connectivity index (χ1v) is 3.99. The molecule has 0 radical (unpaired) electrons. The zero-order valence-corrected chi connectivity index (χ0v) is 7.12. The van der Waals surface area contributed by atoms with Crippen LogP contribution in [-0.4, -0.2) is 25.0 Å². The van der Waals surface area contributed by atoms with Crippen molar-refractivity contribution in [2.45, 2.75) is 6.92 Å². The summed E-state index contributed by atoms with van der Waals surface area (Å²) in [5.74, 6) is 0.659. The third kappa shape index (κ3) is 1.81. The van der Waals surface area contributed by atoms with Crippen molar-refractivity contribution in [3.05, 3.63) is 12.2 Å². The minimum absolute atomic E-state index is 0.205. The molecule has 0 saturated carbocycles. The summed E-state index contributed by atoms with van der Waals surface area (Å²) in [4.78, 5) is 2.21. The van der Waals surface area contributed by atoms with Gasteiger partial charge in [0.1, 0.15) is 0 Å². The first-order valence-electron chi connectivity index (χ1n) is 3.99. The average Bonchev–Trinajstić information content (AvgIpc) is 2.32. The number of rotatable bonds is 1. The highest BCUT2D eigenvalue weighted by Gasteiger charge is 2.28. The molecule has 0 aromatic carbocycles. The van der Waals surface area contributed by atoms with Gasteiger partial charge < -0.3 is 4.90 Å². The molecular weight excluding hydrogens is 136 g/mol. The van der Waals surface area contributed by atoms with Crippen LogP contribution in [-0.2, 0) is 0 Å². The second kappa shape index (κ2) is 3.54. The predicted octanol–water partition coefficient (Wildman–Crippen LogP) is 1.26. The predicted molar refractivity (Wildman–Crippen MR) is 44.9 cm³/mol. The van der Waals surface area contributed by atoms with Crippen LogP contribution in [0.4, 0.5) is 0 Å². The molecular formula is C9H14N2. The van der Waals surface area contributed by atoms with E-state index in [2.05, 4.69) is 24.1 Å². The maximum absolute atomic E-state index is 8.77. The molecule has 1 heterocycles. The summed E-state index contributed by atoms with van der Waals surface area (Å²) >= 11 is 0. The summed E-state index contributed by atoms with van der Waals surface area (Å²) in [7, 11) is 2.06. The number of nitrogens with zero attached hydrogens (tertiary/aromatic N) is 2. The Labute approximate surface area is 68.1 Å². The van der Waals surface area contributed by atoms with Crippen LogP contribution < -0.4 is 0 Å². The summed E-state index contributed by atoms with van der Waals surface area (Å²) in [6, 6.07) is 2.34. The van der Waals surface area contributed by atoms with Crippen LogP contribution >= 0.6 is 0 Å². The highest BCUT2D eigenvalue weighted by atomic mass is 15.1. The molecule has 0 spiro atoms. The van der Waals surface area contributed by atoms with Gasteiger partial charge in [-0.3, -0.25) is 0 Å². The number of nitriles is 1. The van der Waals surface area contributed by atoms with E-state index in [1.54, 1.807) is 0 Å². The lowest BCUT2D eigenvalue weighted by molar-refractivity contribution is 0.404. The second-order valence-electron chi connectivity index (χ2n) is 3.15. The summed E-state index contributed by atoms with van der Waals surface area (Å²) in [5.41, 5.74) is 0. The minimum Gasteiger partial charge on any atom is -0.304 e. The van der Waals surface area contributed by atoms with E-state index < -0.39 is 0 Å². The molecule has 2 heteroatoms. The molecule has 0 aliphatic carbocycles. The van der Waals surface area contributed by atoms with E-state index in [0.717, 1.165) is 13.1 Å². The quantitative estimate of drug-likeness (QED) is 0.526. The van der Waals surface area contributed by atoms with E-state index in [9.17, 15) is 0 Å². The standard InChI is InChI=1S/C9H14N2/c1-3-4-8-6-11(2)7-9(8)5-10/h3-4,8-9H,6-7H2,1-2H3/b4-3+/t8-,9-/m1/s1. The largest absolute Gasteiger partial charge is 0.304 e. The molecule has 1 saturated heterocycles. The lowest BCUT2D eigenvalue weighted by atomic mass is 9.97. The molecule has 0 unspecified atom stereocenters. The van der Waals surface area contributed by atoms with Crippen LogP contribution in [0.5, 0.6) is 0 Å². The van der Waals surface area contributed by atoms with Gasteiger partial charge in [-0.05, 0) is 14.0 Å². The molecule has 0 amide bonds. The Hall–Kier alpha value is -0.810. The fourth-order valence-corrected chi connectivity index (χ4v) is 1.61. The van der Waals surface area contributed by atoms with Crippen molar-refractivity contribution < 1.29 is 0 Å². The van der Waals surface area contributed by atoms with Crippen LogP contribution in [0, 0.1) is 23.2 Å². The van der Waals surface area contributed by atoms with Crippen molar-refractivity contribution in [3.63, 3.8) is 0 Å². The Balaban J connectivity index is 2.59. The summed E-state index contributed by atoms with van der Waals surface area (Å²) < 4.78 is 0. The highest BCUT2D eigenvalue weighted by molar-refractivity contribution is 5.03. The van der Waals surface area contributed by atoms with Crippen molar-refractivity contribution in [1.29, 1.82) is 5.26 Å². The molecule has 0 N–H and O–H groups in total. The molecule has 1 fully saturated rings. The van der Waals surface area contributed by atoms with Gasteiger partial charge in [-0.1, -0.05) is 12.2 Å². The zero-order valence-electron chi connectivity index (χ0n) is 7.12. The summed E-state index contributed by atoms with van der Waals surface area (Å²) in [6.07, 6.45) is 4.17. The molecule has 2 nitrogen and oxygen atoms in total. The minimum atomic E-state index is 0.205. The Morgan fingerprint density at radius 2 is 2.27 bits per heavy atom. The zero-order chi connectivity index (χ0) is 8.27. The number of allylic oxidation sites excluding steroid dienone is 1. The van der Waals surface area contributed by atoms with Gasteiger partial charge in [0.15, 0.2) is 0 Å². The Morgan fingerprint density at radius 1 is 1.55 bits per heavy atom. The van der Waals surface area contributed by atoms with Crippen LogP contribution in [0.1, 0.15) is 6.92 Å². The molecule has 0 aromatic rings. The summed E-state index contributed by atoms with van der Waals surface area (Å²) in [5, 5.41) is 8.77. The molecule has 60 valence electrons. The summed E-state index contributed by atoms with van der Waals surface area (Å²) in [6.45, 7) is 3.96. The molecule has 1 aliphatic heterocycles. The van der Waals surface area contributed by atoms with E-state index >= 15 is 0 Å². The van der Waals surface area contributed by atoms with Crippen molar-refractivity contribution in [1.82, 2.24) is 4.90 Å². The van der Waals surface area contributed by atoms with Gasteiger partial charge in [0.25, 0.3) is 0 Å². The van der Waals surface area contributed by atoms with Gasteiger partial charge in [0.05, 0.1) is 12.0 Å². The van der Waals surface area contributed by atoms with E-state index in [0.29, 0.717) is 5.92 Å². The maximum atomic E-state index is 8.77. The number of likely N-dealkylation sites (tertiary alicyclic amines) is 1. The van der Waals surface area contributed by atoms with Crippen molar-refractivity contribution in [2.24, 2.45) is 11.8 Å². The molecule has 1 aliphatic rings. The van der Waals surface area contributed by atoms with Crippen molar-refractivity contribution in [2.75, 3.05) is 20.1 Å². The van der Waals surface area contributed by atoms with E-state index in [-0.39, 0.29) is 5.92 Å². The second-order valence-corrected chi connectivity index (χ2v) is 3.15. The van der Waals surface area contributed by atoms with E-state index in [1.165, 1.54) is 0 Å².